The summed E-state index contributed by atoms with van der Waals surface area (Å²) < 4.78 is 1.87. The van der Waals surface area contributed by atoms with Gasteiger partial charge in [0.1, 0.15) is 5.39 Å². The second-order valence-corrected chi connectivity index (χ2v) is 6.69. The van der Waals surface area contributed by atoms with Crippen LogP contribution in [0.15, 0.2) is 46.2 Å². The molecule has 3 aromatic rings. The summed E-state index contributed by atoms with van der Waals surface area (Å²) in [5.74, 6) is 0.547. The van der Waals surface area contributed by atoms with Crippen molar-refractivity contribution in [1.29, 1.82) is 0 Å². The van der Waals surface area contributed by atoms with Gasteiger partial charge in [-0.1, -0.05) is 6.07 Å². The van der Waals surface area contributed by atoms with Crippen LogP contribution in [0.3, 0.4) is 0 Å². The third-order valence-corrected chi connectivity index (χ3v) is 3.63. The average Bonchev–Trinajstić information content (AvgIpc) is 2.79. The van der Waals surface area contributed by atoms with Gasteiger partial charge in [0, 0.05) is 16.8 Å². The zero-order valence-electron chi connectivity index (χ0n) is 14.4. The molecule has 0 amide bonds. The van der Waals surface area contributed by atoms with Crippen molar-refractivity contribution < 1.29 is 11.0 Å². The van der Waals surface area contributed by atoms with Gasteiger partial charge in [-0.25, -0.2) is 0 Å². The number of aromatic amines is 1. The van der Waals surface area contributed by atoms with Gasteiger partial charge < -0.3 is 27.4 Å². The standard InChI is InChI=1S/C16H18N4OS.H3N.2H2O/c1-16(2,3)20-12-7-8-17-15(21)13(12)14(19-20)18-10-5-4-6-11(22)9-10;;;/h4-9,22H,1-3H3,(H,17,21)(H,18,19);1H3;2*1H2. The van der Waals surface area contributed by atoms with E-state index in [1.807, 2.05) is 35.0 Å². The van der Waals surface area contributed by atoms with Crippen molar-refractivity contribution in [3.63, 3.8) is 0 Å². The number of nitrogens with one attached hydrogen (secondary N) is 2. The number of H-pyrrole nitrogens is 1. The average molecular weight is 367 g/mol. The molecule has 0 saturated carbocycles. The molecular weight excluding hydrogens is 342 g/mol. The Balaban J connectivity index is 0.00000192. The van der Waals surface area contributed by atoms with Gasteiger partial charge in [0.25, 0.3) is 5.56 Å². The van der Waals surface area contributed by atoms with Crippen LogP contribution in [0.25, 0.3) is 10.9 Å². The maximum Gasteiger partial charge on any atom is 0.261 e. The predicted molar refractivity (Wildman–Crippen MR) is 105 cm³/mol. The summed E-state index contributed by atoms with van der Waals surface area (Å²) in [7, 11) is 0. The van der Waals surface area contributed by atoms with Crippen LogP contribution < -0.4 is 17.0 Å². The summed E-state index contributed by atoms with van der Waals surface area (Å²) >= 11 is 4.33. The first kappa shape index (κ1) is 22.7. The third kappa shape index (κ3) is 4.40. The van der Waals surface area contributed by atoms with Gasteiger partial charge in [0.05, 0.1) is 11.1 Å². The highest BCUT2D eigenvalue weighted by Gasteiger charge is 2.21. The highest BCUT2D eigenvalue weighted by molar-refractivity contribution is 7.80. The number of benzene rings is 1. The van der Waals surface area contributed by atoms with E-state index in [1.54, 1.807) is 6.20 Å². The topological polar surface area (TPSA) is 161 Å². The van der Waals surface area contributed by atoms with E-state index in [-0.39, 0.29) is 28.2 Å². The molecule has 8 nitrogen and oxygen atoms in total. The first-order chi connectivity index (χ1) is 10.4. The van der Waals surface area contributed by atoms with Crippen LogP contribution in [0.4, 0.5) is 11.5 Å². The van der Waals surface area contributed by atoms with Gasteiger partial charge in [-0.15, -0.1) is 12.6 Å². The van der Waals surface area contributed by atoms with Crippen molar-refractivity contribution in [1.82, 2.24) is 20.9 Å². The SMILES string of the molecule is CC(C)(C)n1nc(Nc2cccc(S)c2)c2c(=O)[nH]ccc21.N.O.O. The molecule has 0 unspecified atom stereocenters. The molecule has 0 radical (unpaired) electrons. The normalized spacial score (nSPS) is 10.4. The number of aromatic nitrogens is 3. The lowest BCUT2D eigenvalue weighted by atomic mass is 10.1. The molecule has 9 heteroatoms. The minimum Gasteiger partial charge on any atom is -0.412 e. The first-order valence-electron chi connectivity index (χ1n) is 7.03. The number of rotatable bonds is 2. The Labute approximate surface area is 150 Å². The van der Waals surface area contributed by atoms with Crippen LogP contribution in [-0.2, 0) is 5.54 Å². The Morgan fingerprint density at radius 1 is 1.20 bits per heavy atom. The summed E-state index contributed by atoms with van der Waals surface area (Å²) in [6, 6.07) is 9.47. The molecule has 0 bridgehead atoms. The number of nitrogens with zero attached hydrogens (tertiary/aromatic N) is 2. The maximum absolute atomic E-state index is 12.2. The van der Waals surface area contributed by atoms with Crippen molar-refractivity contribution in [2.24, 2.45) is 0 Å². The monoisotopic (exact) mass is 367 g/mol. The molecule has 0 spiro atoms. The Morgan fingerprint density at radius 3 is 2.48 bits per heavy atom. The Morgan fingerprint density at radius 2 is 1.88 bits per heavy atom. The van der Waals surface area contributed by atoms with Crippen molar-refractivity contribution in [3.05, 3.63) is 46.9 Å². The van der Waals surface area contributed by atoms with E-state index in [0.717, 1.165) is 16.1 Å². The molecule has 0 fully saturated rings. The number of thiol groups is 1. The number of pyridine rings is 1. The molecule has 0 aliphatic carbocycles. The van der Waals surface area contributed by atoms with E-state index in [4.69, 9.17) is 0 Å². The molecule has 2 aromatic heterocycles. The molecule has 0 aliphatic rings. The quantitative estimate of drug-likeness (QED) is 0.510. The van der Waals surface area contributed by atoms with E-state index < -0.39 is 0 Å². The lowest BCUT2D eigenvalue weighted by Crippen LogP contribution is -2.23. The minimum atomic E-state index is -0.225. The fourth-order valence-corrected chi connectivity index (χ4v) is 2.62. The molecule has 2 heterocycles. The van der Waals surface area contributed by atoms with Crippen LogP contribution in [0.2, 0.25) is 0 Å². The number of hydrogen-bond donors (Lipinski definition) is 4. The van der Waals surface area contributed by atoms with E-state index in [2.05, 4.69) is 48.8 Å². The number of hydrogen-bond acceptors (Lipinski definition) is 5. The second kappa shape index (κ2) is 8.17. The van der Waals surface area contributed by atoms with E-state index >= 15 is 0 Å². The number of fused-ring (bicyclic) bond motifs is 1. The van der Waals surface area contributed by atoms with Crippen molar-refractivity contribution in [2.45, 2.75) is 31.2 Å². The molecule has 25 heavy (non-hydrogen) atoms. The fourth-order valence-electron chi connectivity index (χ4n) is 2.40. The molecule has 9 N–H and O–H groups in total. The highest BCUT2D eigenvalue weighted by Crippen LogP contribution is 2.27. The molecule has 0 aliphatic heterocycles. The Hall–Kier alpha value is -2.33. The Kier molecular flexibility index (Phi) is 7.41. The summed E-state index contributed by atoms with van der Waals surface area (Å²) in [4.78, 5) is 15.8. The molecule has 0 saturated heterocycles. The molecule has 1 aromatic carbocycles. The predicted octanol–water partition coefficient (Wildman–Crippen LogP) is 2.02. The highest BCUT2D eigenvalue weighted by atomic mass is 32.1. The van der Waals surface area contributed by atoms with Gasteiger partial charge >= 0.3 is 0 Å². The summed E-state index contributed by atoms with van der Waals surface area (Å²) in [5.41, 5.74) is 1.27. The van der Waals surface area contributed by atoms with Crippen LogP contribution in [0.5, 0.6) is 0 Å². The van der Waals surface area contributed by atoms with Crippen LogP contribution >= 0.6 is 12.6 Å². The Bertz CT molecular complexity index is 899. The minimum absolute atomic E-state index is 0. The largest absolute Gasteiger partial charge is 0.412 e. The molecule has 0 atom stereocenters. The lowest BCUT2D eigenvalue weighted by molar-refractivity contribution is 0.369. The van der Waals surface area contributed by atoms with E-state index in [9.17, 15) is 4.79 Å². The van der Waals surface area contributed by atoms with Gasteiger partial charge in [0.2, 0.25) is 0 Å². The summed E-state index contributed by atoms with van der Waals surface area (Å²) in [5, 5.41) is 8.38. The second-order valence-electron chi connectivity index (χ2n) is 6.17. The first-order valence-corrected chi connectivity index (χ1v) is 7.48. The van der Waals surface area contributed by atoms with E-state index in [1.165, 1.54) is 0 Å². The lowest BCUT2D eigenvalue weighted by Gasteiger charge is -2.20. The van der Waals surface area contributed by atoms with Gasteiger partial charge in [-0.2, -0.15) is 5.10 Å². The zero-order chi connectivity index (χ0) is 15.9. The van der Waals surface area contributed by atoms with Crippen molar-refractivity contribution in [3.8, 4) is 0 Å². The molecule has 138 valence electrons. The van der Waals surface area contributed by atoms with Gasteiger partial charge in [-0.3, -0.25) is 9.48 Å². The molecule has 3 rings (SSSR count). The van der Waals surface area contributed by atoms with Crippen LogP contribution in [0.1, 0.15) is 20.8 Å². The van der Waals surface area contributed by atoms with Crippen LogP contribution in [0, 0.1) is 0 Å². The fraction of sp³-hybridized carbons (Fsp3) is 0.250. The van der Waals surface area contributed by atoms with Crippen molar-refractivity contribution >= 4 is 35.0 Å². The van der Waals surface area contributed by atoms with E-state index in [0.29, 0.717) is 11.2 Å². The zero-order valence-corrected chi connectivity index (χ0v) is 15.3. The van der Waals surface area contributed by atoms with Gasteiger partial charge in [-0.05, 0) is 45.0 Å². The van der Waals surface area contributed by atoms with Crippen LogP contribution in [-0.4, -0.2) is 25.7 Å². The number of anilines is 2. The smallest absolute Gasteiger partial charge is 0.261 e. The summed E-state index contributed by atoms with van der Waals surface area (Å²) in [6.07, 6.45) is 1.65. The molecular formula is C16H25N5O3S. The summed E-state index contributed by atoms with van der Waals surface area (Å²) in [6.45, 7) is 6.16. The van der Waals surface area contributed by atoms with Gasteiger partial charge in [0.15, 0.2) is 5.82 Å². The third-order valence-electron chi connectivity index (χ3n) is 3.35. The maximum atomic E-state index is 12.2. The van der Waals surface area contributed by atoms with Crippen molar-refractivity contribution in [2.75, 3.05) is 5.32 Å².